The maximum Gasteiger partial charge on any atom is 0.257 e. The Hall–Kier alpha value is -2.75. The van der Waals surface area contributed by atoms with Gasteiger partial charge in [0.2, 0.25) is 5.89 Å². The third-order valence-corrected chi connectivity index (χ3v) is 8.17. The molecular formula is C23H21N5OS3. The number of benzene rings is 1. The Labute approximate surface area is 198 Å². The Morgan fingerprint density at radius 2 is 1.88 bits per heavy atom. The van der Waals surface area contributed by atoms with Crippen LogP contribution in [0.3, 0.4) is 0 Å². The van der Waals surface area contributed by atoms with Crippen LogP contribution in [0, 0.1) is 6.92 Å². The summed E-state index contributed by atoms with van der Waals surface area (Å²) in [5.74, 6) is 2.58. The lowest BCUT2D eigenvalue weighted by molar-refractivity contribution is 0.529. The van der Waals surface area contributed by atoms with E-state index in [1.54, 1.807) is 34.4 Å². The van der Waals surface area contributed by atoms with Gasteiger partial charge in [-0.1, -0.05) is 55.1 Å². The first kappa shape index (κ1) is 21.1. The molecular weight excluding hydrogens is 458 g/mol. The standard InChI is InChI=1S/C23H21N5OS3/c1-3-17-15(2)12-19(32-17)22-26-24-20(29-22)14-31-23-27-25-21(18-10-7-11-30-18)28(23)13-16-8-5-4-6-9-16/h4-12H,3,13-14H2,1-2H3. The third kappa shape index (κ3) is 4.41. The van der Waals surface area contributed by atoms with Crippen molar-refractivity contribution < 1.29 is 4.42 Å². The summed E-state index contributed by atoms with van der Waals surface area (Å²) in [6.45, 7) is 4.98. The molecule has 0 amide bonds. The number of thioether (sulfide) groups is 1. The molecule has 0 N–H and O–H groups in total. The zero-order valence-electron chi connectivity index (χ0n) is 17.7. The van der Waals surface area contributed by atoms with Crippen molar-refractivity contribution in [2.24, 2.45) is 0 Å². The lowest BCUT2D eigenvalue weighted by atomic mass is 10.2. The number of nitrogens with zero attached hydrogens (tertiary/aromatic N) is 5. The van der Waals surface area contributed by atoms with Gasteiger partial charge in [-0.2, -0.15) is 0 Å². The average molecular weight is 480 g/mol. The quantitative estimate of drug-likeness (QED) is 0.242. The van der Waals surface area contributed by atoms with Crippen LogP contribution in [0.15, 0.2) is 63.5 Å². The highest BCUT2D eigenvalue weighted by Gasteiger charge is 2.18. The SMILES string of the molecule is CCc1sc(-c2nnc(CSc3nnc(-c4cccs4)n3Cc3ccccc3)o2)cc1C. The highest BCUT2D eigenvalue weighted by molar-refractivity contribution is 7.98. The summed E-state index contributed by atoms with van der Waals surface area (Å²) in [6, 6.07) is 16.6. The third-order valence-electron chi connectivity index (χ3n) is 4.99. The van der Waals surface area contributed by atoms with Gasteiger partial charge in [0.15, 0.2) is 11.0 Å². The highest BCUT2D eigenvalue weighted by atomic mass is 32.2. The van der Waals surface area contributed by atoms with E-state index in [9.17, 15) is 0 Å². The molecule has 1 aromatic carbocycles. The minimum Gasteiger partial charge on any atom is -0.419 e. The van der Waals surface area contributed by atoms with Crippen molar-refractivity contribution in [3.8, 4) is 21.5 Å². The van der Waals surface area contributed by atoms with E-state index < -0.39 is 0 Å². The topological polar surface area (TPSA) is 69.6 Å². The maximum absolute atomic E-state index is 5.95. The number of aromatic nitrogens is 5. The second kappa shape index (κ2) is 9.40. The summed E-state index contributed by atoms with van der Waals surface area (Å²) in [6.07, 6.45) is 1.01. The van der Waals surface area contributed by atoms with Gasteiger partial charge in [0.1, 0.15) is 0 Å². The van der Waals surface area contributed by atoms with Gasteiger partial charge >= 0.3 is 0 Å². The van der Waals surface area contributed by atoms with Gasteiger partial charge in [-0.05, 0) is 42.0 Å². The smallest absolute Gasteiger partial charge is 0.257 e. The largest absolute Gasteiger partial charge is 0.419 e. The van der Waals surface area contributed by atoms with Gasteiger partial charge in [0.25, 0.3) is 5.89 Å². The number of rotatable bonds is 8. The monoisotopic (exact) mass is 479 g/mol. The van der Waals surface area contributed by atoms with Crippen LogP contribution in [0.4, 0.5) is 0 Å². The molecule has 0 fully saturated rings. The normalized spacial score (nSPS) is 11.3. The van der Waals surface area contributed by atoms with Crippen molar-refractivity contribution in [2.45, 2.75) is 37.7 Å². The summed E-state index contributed by atoms with van der Waals surface area (Å²) in [4.78, 5) is 3.47. The van der Waals surface area contributed by atoms with E-state index in [1.807, 2.05) is 24.3 Å². The average Bonchev–Trinajstić information content (AvgIpc) is 3.60. The zero-order chi connectivity index (χ0) is 21.9. The van der Waals surface area contributed by atoms with Crippen molar-refractivity contribution >= 4 is 34.4 Å². The Morgan fingerprint density at radius 1 is 1.00 bits per heavy atom. The molecule has 0 unspecified atom stereocenters. The van der Waals surface area contributed by atoms with Crippen LogP contribution in [0.5, 0.6) is 0 Å². The van der Waals surface area contributed by atoms with Crippen LogP contribution in [-0.2, 0) is 18.7 Å². The highest BCUT2D eigenvalue weighted by Crippen LogP contribution is 2.33. The van der Waals surface area contributed by atoms with Crippen molar-refractivity contribution in [1.82, 2.24) is 25.0 Å². The fourth-order valence-corrected chi connectivity index (χ4v) is 5.93. The molecule has 0 radical (unpaired) electrons. The minimum atomic E-state index is 0.537. The predicted molar refractivity (Wildman–Crippen MR) is 130 cm³/mol. The van der Waals surface area contributed by atoms with Crippen molar-refractivity contribution in [1.29, 1.82) is 0 Å². The van der Waals surface area contributed by atoms with Gasteiger partial charge in [0.05, 0.1) is 22.1 Å². The van der Waals surface area contributed by atoms with E-state index in [2.05, 4.69) is 68.5 Å². The van der Waals surface area contributed by atoms with E-state index in [0.717, 1.165) is 27.2 Å². The summed E-state index contributed by atoms with van der Waals surface area (Å²) >= 11 is 4.94. The molecule has 4 heterocycles. The maximum atomic E-state index is 5.95. The fourth-order valence-electron chi connectivity index (χ4n) is 3.41. The molecule has 0 aliphatic heterocycles. The van der Waals surface area contributed by atoms with Crippen LogP contribution in [0.1, 0.15) is 28.8 Å². The molecule has 0 aliphatic carbocycles. The van der Waals surface area contributed by atoms with E-state index in [0.29, 0.717) is 24.1 Å². The predicted octanol–water partition coefficient (Wildman–Crippen LogP) is 6.33. The first-order valence-electron chi connectivity index (χ1n) is 10.3. The van der Waals surface area contributed by atoms with Crippen LogP contribution in [-0.4, -0.2) is 25.0 Å². The molecule has 5 aromatic rings. The van der Waals surface area contributed by atoms with Gasteiger partial charge in [-0.3, -0.25) is 4.57 Å². The Kier molecular flexibility index (Phi) is 6.20. The van der Waals surface area contributed by atoms with Gasteiger partial charge in [-0.25, -0.2) is 0 Å². The molecule has 0 aliphatic rings. The Morgan fingerprint density at radius 3 is 2.62 bits per heavy atom. The van der Waals surface area contributed by atoms with Crippen LogP contribution in [0.25, 0.3) is 21.5 Å². The van der Waals surface area contributed by atoms with E-state index in [-0.39, 0.29) is 0 Å². The molecule has 0 saturated carbocycles. The zero-order valence-corrected chi connectivity index (χ0v) is 20.1. The minimum absolute atomic E-state index is 0.537. The van der Waals surface area contributed by atoms with Crippen LogP contribution < -0.4 is 0 Å². The molecule has 6 nitrogen and oxygen atoms in total. The molecule has 32 heavy (non-hydrogen) atoms. The van der Waals surface area contributed by atoms with Crippen molar-refractivity contribution in [3.63, 3.8) is 0 Å². The second-order valence-electron chi connectivity index (χ2n) is 7.22. The Balaban J connectivity index is 1.37. The van der Waals surface area contributed by atoms with E-state index in [4.69, 9.17) is 4.42 Å². The van der Waals surface area contributed by atoms with Crippen LogP contribution >= 0.6 is 34.4 Å². The molecule has 162 valence electrons. The first-order valence-corrected chi connectivity index (χ1v) is 12.9. The lowest BCUT2D eigenvalue weighted by Crippen LogP contribution is -2.03. The summed E-state index contributed by atoms with van der Waals surface area (Å²) in [7, 11) is 0. The number of hydrogen-bond acceptors (Lipinski definition) is 8. The number of thiophene rings is 2. The van der Waals surface area contributed by atoms with Gasteiger partial charge in [-0.15, -0.1) is 43.1 Å². The van der Waals surface area contributed by atoms with Crippen molar-refractivity contribution in [2.75, 3.05) is 0 Å². The molecule has 0 saturated heterocycles. The molecule has 0 atom stereocenters. The number of aryl methyl sites for hydroxylation is 2. The summed E-state index contributed by atoms with van der Waals surface area (Å²) in [5, 5.41) is 20.4. The van der Waals surface area contributed by atoms with Crippen molar-refractivity contribution in [3.05, 3.63) is 75.8 Å². The van der Waals surface area contributed by atoms with Gasteiger partial charge in [0, 0.05) is 4.88 Å². The summed E-state index contributed by atoms with van der Waals surface area (Å²) in [5.41, 5.74) is 2.48. The van der Waals surface area contributed by atoms with E-state index in [1.165, 1.54) is 16.0 Å². The molecule has 0 spiro atoms. The second-order valence-corrected chi connectivity index (χ2v) is 10.2. The van der Waals surface area contributed by atoms with Gasteiger partial charge < -0.3 is 4.42 Å². The molecule has 5 rings (SSSR count). The molecule has 9 heteroatoms. The van der Waals surface area contributed by atoms with Crippen LogP contribution in [0.2, 0.25) is 0 Å². The first-order chi connectivity index (χ1) is 15.7. The van der Waals surface area contributed by atoms with E-state index >= 15 is 0 Å². The Bertz CT molecular complexity index is 1300. The molecule has 4 aromatic heterocycles. The molecule has 0 bridgehead atoms. The number of hydrogen-bond donors (Lipinski definition) is 0. The lowest BCUT2D eigenvalue weighted by Gasteiger charge is -2.09. The fraction of sp³-hybridized carbons (Fsp3) is 0.217. The summed E-state index contributed by atoms with van der Waals surface area (Å²) < 4.78 is 8.11.